The molecule has 1 aliphatic carbocycles. The normalized spacial score (nSPS) is 21.3. The molecule has 4 aliphatic rings. The highest BCUT2D eigenvalue weighted by Crippen LogP contribution is 2.48. The van der Waals surface area contributed by atoms with Gasteiger partial charge in [0.15, 0.2) is 0 Å². The minimum atomic E-state index is -0.691. The van der Waals surface area contributed by atoms with Gasteiger partial charge < -0.3 is 44.8 Å². The molecule has 15 nitrogen and oxygen atoms in total. The topological polar surface area (TPSA) is 178 Å². The number of carbonyl (C=O) groups is 4. The fraction of sp³-hybridized carbons (Fsp3) is 0.472. The second-order valence-electron chi connectivity index (χ2n) is 19.6. The Bertz CT molecular complexity index is 2420. The van der Waals surface area contributed by atoms with E-state index in [9.17, 15) is 19.2 Å². The summed E-state index contributed by atoms with van der Waals surface area (Å²) in [5.41, 5.74) is 8.73. The Morgan fingerprint density at radius 3 is 1.35 bits per heavy atom. The van der Waals surface area contributed by atoms with Crippen LogP contribution in [0.4, 0.5) is 15.3 Å². The SMILES string of the molecule is COC(=O)N[C@H](C(=O)N1CCC[C@H]1c1nc(-c2ccc(C3CC[C@H](c4ccc(-c5c[nH]c([C@@H]6CCCN6C(=O)[C@@H](NC(=O)OC)C(C)C)n5)cc4)N3c3ccc(C4CC4)cc3)cc2)c[nH]1)C(C)C. The zero-order chi connectivity index (χ0) is 47.6. The van der Waals surface area contributed by atoms with Crippen molar-refractivity contribution in [2.75, 3.05) is 32.2 Å². The van der Waals surface area contributed by atoms with Gasteiger partial charge in [0.05, 0.1) is 49.8 Å². The molecule has 68 heavy (non-hydrogen) atoms. The molecule has 1 saturated carbocycles. The molecule has 1 unspecified atom stereocenters. The van der Waals surface area contributed by atoms with Crippen LogP contribution in [0.1, 0.15) is 137 Å². The van der Waals surface area contributed by atoms with E-state index >= 15 is 0 Å². The Morgan fingerprint density at radius 1 is 0.559 bits per heavy atom. The van der Waals surface area contributed by atoms with Gasteiger partial charge in [-0.05, 0) is 97.9 Å². The van der Waals surface area contributed by atoms with Gasteiger partial charge in [-0.1, -0.05) is 88.4 Å². The van der Waals surface area contributed by atoms with Gasteiger partial charge in [0.1, 0.15) is 23.7 Å². The molecule has 4 N–H and O–H groups in total. The first-order valence-corrected chi connectivity index (χ1v) is 24.4. The molecule has 0 radical (unpaired) electrons. The highest BCUT2D eigenvalue weighted by atomic mass is 16.5. The average molecular weight is 924 g/mol. The number of ether oxygens (including phenoxy) is 2. The van der Waals surface area contributed by atoms with Gasteiger partial charge in [-0.2, -0.15) is 0 Å². The number of anilines is 1. The molecule has 3 aliphatic heterocycles. The molecule has 3 aromatic carbocycles. The third kappa shape index (κ3) is 9.57. The van der Waals surface area contributed by atoms with E-state index in [2.05, 4.69) is 98.3 Å². The largest absolute Gasteiger partial charge is 0.453 e. The van der Waals surface area contributed by atoms with Crippen molar-refractivity contribution in [1.29, 1.82) is 0 Å². The molecule has 4 amide bonds. The monoisotopic (exact) mass is 924 g/mol. The van der Waals surface area contributed by atoms with Crippen molar-refractivity contribution in [1.82, 2.24) is 40.4 Å². The standard InChI is InChI=1S/C53H65N9O6/c1-31(2)46(58-52(65)67-5)50(63)60-27-7-9-44(60)48-54-29-40(56-48)35-13-17-37(18-14-35)42-25-26-43(62(42)39-23-21-34(22-24-39)33-11-12-33)38-19-15-36(16-20-38)41-30-55-49(57-41)45-10-8-28-61(45)51(64)47(32(3)4)59-53(66)68-6/h13-24,29-33,42-47H,7-12,25-28H2,1-6H3,(H,54,56)(H,55,57)(H,58,65)(H,59,66)/t42-,43?,44+,45+,46+,47+/m1/s1. The van der Waals surface area contributed by atoms with Gasteiger partial charge in [0.2, 0.25) is 11.8 Å². The summed E-state index contributed by atoms with van der Waals surface area (Å²) in [5.74, 6) is 1.69. The van der Waals surface area contributed by atoms with Gasteiger partial charge in [-0.25, -0.2) is 19.6 Å². The maximum atomic E-state index is 13.7. The highest BCUT2D eigenvalue weighted by molar-refractivity contribution is 5.87. The summed E-state index contributed by atoms with van der Waals surface area (Å²) in [6.07, 6.45) is 10.4. The molecule has 5 heterocycles. The molecule has 0 spiro atoms. The third-order valence-corrected chi connectivity index (χ3v) is 14.5. The molecule has 6 atom stereocenters. The van der Waals surface area contributed by atoms with Crippen molar-refractivity contribution in [3.05, 3.63) is 114 Å². The third-order valence-electron chi connectivity index (χ3n) is 14.5. The zero-order valence-electron chi connectivity index (χ0n) is 40.0. The predicted molar refractivity (Wildman–Crippen MR) is 259 cm³/mol. The summed E-state index contributed by atoms with van der Waals surface area (Å²) < 4.78 is 9.62. The second kappa shape index (κ2) is 19.9. The van der Waals surface area contributed by atoms with E-state index in [0.29, 0.717) is 19.0 Å². The number of amides is 4. The molecule has 9 rings (SSSR count). The van der Waals surface area contributed by atoms with E-state index < -0.39 is 24.3 Å². The number of nitrogens with zero attached hydrogens (tertiary/aromatic N) is 5. The molecule has 0 bridgehead atoms. The zero-order valence-corrected chi connectivity index (χ0v) is 40.0. The van der Waals surface area contributed by atoms with E-state index in [-0.39, 0.29) is 47.8 Å². The van der Waals surface area contributed by atoms with Crippen molar-refractivity contribution >= 4 is 29.7 Å². The van der Waals surface area contributed by atoms with Gasteiger partial charge in [-0.3, -0.25) is 9.59 Å². The number of methoxy groups -OCH3 is 2. The summed E-state index contributed by atoms with van der Waals surface area (Å²) >= 11 is 0. The summed E-state index contributed by atoms with van der Waals surface area (Å²) in [5, 5.41) is 5.46. The Kier molecular flexibility index (Phi) is 13.6. The number of nitrogens with one attached hydrogen (secondary N) is 4. The van der Waals surface area contributed by atoms with Crippen molar-refractivity contribution in [3.63, 3.8) is 0 Å². The highest BCUT2D eigenvalue weighted by Gasteiger charge is 2.40. The lowest BCUT2D eigenvalue weighted by molar-refractivity contribution is -0.136. The molecule has 2 aromatic heterocycles. The number of alkyl carbamates (subject to hydrolysis) is 2. The molecule has 5 aromatic rings. The van der Waals surface area contributed by atoms with E-state index in [1.54, 1.807) is 0 Å². The number of H-pyrrole nitrogens is 2. The first kappa shape index (κ1) is 46.5. The minimum Gasteiger partial charge on any atom is -0.453 e. The first-order valence-electron chi connectivity index (χ1n) is 24.4. The number of rotatable bonds is 14. The number of imidazole rings is 2. The summed E-state index contributed by atoms with van der Waals surface area (Å²) in [6.45, 7) is 8.86. The summed E-state index contributed by atoms with van der Waals surface area (Å²) in [7, 11) is 2.61. The van der Waals surface area contributed by atoms with Crippen molar-refractivity contribution < 1.29 is 28.7 Å². The number of carbonyl (C=O) groups excluding carboxylic acids is 4. The van der Waals surface area contributed by atoms with Crippen LogP contribution in [-0.2, 0) is 19.1 Å². The lowest BCUT2D eigenvalue weighted by atomic mass is 10.0. The predicted octanol–water partition coefficient (Wildman–Crippen LogP) is 9.52. The fourth-order valence-corrected chi connectivity index (χ4v) is 10.6. The van der Waals surface area contributed by atoms with Crippen LogP contribution in [-0.4, -0.2) is 93.1 Å². The van der Waals surface area contributed by atoms with E-state index in [1.165, 1.54) is 49.4 Å². The Hall–Kier alpha value is -6.64. The van der Waals surface area contributed by atoms with Crippen molar-refractivity contribution in [2.24, 2.45) is 11.8 Å². The van der Waals surface area contributed by atoms with Crippen LogP contribution in [0, 0.1) is 11.8 Å². The van der Waals surface area contributed by atoms with Crippen LogP contribution >= 0.6 is 0 Å². The molecule has 4 fully saturated rings. The molecular formula is C53H65N9O6. The van der Waals surface area contributed by atoms with E-state index in [0.717, 1.165) is 72.7 Å². The Morgan fingerprint density at radius 2 is 0.971 bits per heavy atom. The maximum Gasteiger partial charge on any atom is 0.407 e. The summed E-state index contributed by atoms with van der Waals surface area (Å²) in [4.78, 5) is 74.7. The van der Waals surface area contributed by atoms with Crippen LogP contribution in [0.5, 0.6) is 0 Å². The van der Waals surface area contributed by atoms with Crippen LogP contribution in [0.2, 0.25) is 0 Å². The maximum absolute atomic E-state index is 13.7. The van der Waals surface area contributed by atoms with Crippen molar-refractivity contribution in [3.8, 4) is 22.5 Å². The fourth-order valence-electron chi connectivity index (χ4n) is 10.6. The number of aromatic amines is 2. The van der Waals surface area contributed by atoms with E-state index in [4.69, 9.17) is 19.4 Å². The minimum absolute atomic E-state index is 0.108. The van der Waals surface area contributed by atoms with Crippen LogP contribution in [0.15, 0.2) is 85.2 Å². The van der Waals surface area contributed by atoms with Crippen LogP contribution in [0.3, 0.4) is 0 Å². The number of likely N-dealkylation sites (tertiary alicyclic amines) is 2. The lowest BCUT2D eigenvalue weighted by Gasteiger charge is -2.33. The second-order valence-corrected chi connectivity index (χ2v) is 19.6. The van der Waals surface area contributed by atoms with Gasteiger partial charge in [-0.15, -0.1) is 0 Å². The number of benzene rings is 3. The van der Waals surface area contributed by atoms with E-state index in [1.807, 2.05) is 49.9 Å². The summed E-state index contributed by atoms with van der Waals surface area (Å²) in [6, 6.07) is 25.3. The molecule has 358 valence electrons. The Balaban J connectivity index is 0.915. The quantitative estimate of drug-likeness (QED) is 0.0845. The first-order chi connectivity index (χ1) is 32.9. The van der Waals surface area contributed by atoms with Crippen LogP contribution in [0.25, 0.3) is 22.5 Å². The number of hydrogen-bond acceptors (Lipinski definition) is 9. The van der Waals surface area contributed by atoms with Gasteiger partial charge >= 0.3 is 12.2 Å². The van der Waals surface area contributed by atoms with Crippen LogP contribution < -0.4 is 15.5 Å². The van der Waals surface area contributed by atoms with Crippen molar-refractivity contribution in [2.45, 2.75) is 121 Å². The molecule has 3 saturated heterocycles. The van der Waals surface area contributed by atoms with Gasteiger partial charge in [0.25, 0.3) is 0 Å². The Labute approximate surface area is 398 Å². The average Bonchev–Trinajstić information content (AvgIpc) is 3.97. The van der Waals surface area contributed by atoms with Gasteiger partial charge in [0, 0.05) is 42.3 Å². The smallest absolute Gasteiger partial charge is 0.407 e. The molecular weight excluding hydrogens is 859 g/mol. The molecule has 15 heteroatoms. The lowest BCUT2D eigenvalue weighted by Crippen LogP contribution is -2.51. The number of aromatic nitrogens is 4. The number of hydrogen-bond donors (Lipinski definition) is 4.